The largest absolute Gasteiger partial charge is 0.357 e. The van der Waals surface area contributed by atoms with Crippen molar-refractivity contribution >= 4 is 23.5 Å². The standard InChI is InChI=1S/C20H27N2O6PS/c1-5-27-29(24,28-6-2)20(16-11-8-7-9-12-16)21-19(23)17-13-10-14-18(15-17)30(25,26)22(3)4/h7-15,20H,5-6H2,1-4H3,(H,21,23)/t20-/m1/s1. The van der Waals surface area contributed by atoms with Gasteiger partial charge in [0.2, 0.25) is 10.0 Å². The Morgan fingerprint density at radius 1 is 1.03 bits per heavy atom. The summed E-state index contributed by atoms with van der Waals surface area (Å²) < 4.78 is 50.2. The van der Waals surface area contributed by atoms with E-state index < -0.39 is 29.3 Å². The van der Waals surface area contributed by atoms with Crippen LogP contribution in [-0.2, 0) is 23.6 Å². The van der Waals surface area contributed by atoms with Crippen molar-refractivity contribution in [3.8, 4) is 0 Å². The lowest BCUT2D eigenvalue weighted by molar-refractivity contribution is 0.0937. The molecule has 8 nitrogen and oxygen atoms in total. The van der Waals surface area contributed by atoms with Crippen molar-refractivity contribution in [1.82, 2.24) is 9.62 Å². The molecular formula is C20H27N2O6PS. The summed E-state index contributed by atoms with van der Waals surface area (Å²) >= 11 is 0. The van der Waals surface area contributed by atoms with E-state index in [-0.39, 0.29) is 23.7 Å². The van der Waals surface area contributed by atoms with Gasteiger partial charge in [0.15, 0.2) is 5.78 Å². The first kappa shape index (κ1) is 24.2. The number of hydrogen-bond acceptors (Lipinski definition) is 6. The first-order chi connectivity index (χ1) is 14.2. The van der Waals surface area contributed by atoms with Gasteiger partial charge in [0, 0.05) is 19.7 Å². The first-order valence-corrected chi connectivity index (χ1v) is 12.5. The van der Waals surface area contributed by atoms with Gasteiger partial charge in [-0.2, -0.15) is 0 Å². The van der Waals surface area contributed by atoms with Crippen LogP contribution in [0.3, 0.4) is 0 Å². The highest BCUT2D eigenvalue weighted by Gasteiger charge is 2.38. The molecule has 2 aromatic rings. The summed E-state index contributed by atoms with van der Waals surface area (Å²) in [6.45, 7) is 3.64. The number of hydrogen-bond donors (Lipinski definition) is 1. The Morgan fingerprint density at radius 3 is 2.17 bits per heavy atom. The summed E-state index contributed by atoms with van der Waals surface area (Å²) in [5.41, 5.74) is 0.659. The van der Waals surface area contributed by atoms with Crippen LogP contribution >= 0.6 is 7.60 Å². The van der Waals surface area contributed by atoms with Crippen molar-refractivity contribution in [3.05, 3.63) is 65.7 Å². The second kappa shape index (κ2) is 10.3. The number of nitrogens with zero attached hydrogens (tertiary/aromatic N) is 1. The van der Waals surface area contributed by atoms with E-state index in [0.29, 0.717) is 5.56 Å². The summed E-state index contributed by atoms with van der Waals surface area (Å²) in [4.78, 5) is 13.0. The fourth-order valence-electron chi connectivity index (χ4n) is 2.74. The Balaban J connectivity index is 2.44. The first-order valence-electron chi connectivity index (χ1n) is 9.43. The van der Waals surface area contributed by atoms with Gasteiger partial charge < -0.3 is 14.4 Å². The maximum absolute atomic E-state index is 13.4. The summed E-state index contributed by atoms with van der Waals surface area (Å²) in [5.74, 6) is -1.65. The number of carbonyl (C=O) groups excluding carboxylic acids is 1. The lowest BCUT2D eigenvalue weighted by Crippen LogP contribution is -2.30. The van der Waals surface area contributed by atoms with Gasteiger partial charge in [-0.3, -0.25) is 9.36 Å². The van der Waals surface area contributed by atoms with Gasteiger partial charge in [-0.05, 0) is 37.6 Å². The average molecular weight is 454 g/mol. The van der Waals surface area contributed by atoms with E-state index in [1.165, 1.54) is 38.4 Å². The number of amides is 1. The van der Waals surface area contributed by atoms with Crippen LogP contribution in [0.25, 0.3) is 0 Å². The Kier molecular flexibility index (Phi) is 8.34. The zero-order valence-electron chi connectivity index (χ0n) is 17.4. The molecule has 0 spiro atoms. The van der Waals surface area contributed by atoms with E-state index in [4.69, 9.17) is 9.05 Å². The van der Waals surface area contributed by atoms with Gasteiger partial charge in [-0.25, -0.2) is 12.7 Å². The summed E-state index contributed by atoms with van der Waals surface area (Å²) in [6.07, 6.45) is 0. The van der Waals surface area contributed by atoms with Crippen molar-refractivity contribution < 1.29 is 26.8 Å². The Hall–Kier alpha value is -2.03. The highest BCUT2D eigenvalue weighted by Crippen LogP contribution is 2.59. The quantitative estimate of drug-likeness (QED) is 0.550. The Morgan fingerprint density at radius 2 is 1.63 bits per heavy atom. The predicted molar refractivity (Wildman–Crippen MR) is 115 cm³/mol. The van der Waals surface area contributed by atoms with Crippen LogP contribution in [-0.4, -0.2) is 45.9 Å². The van der Waals surface area contributed by atoms with E-state index in [1.54, 1.807) is 44.2 Å². The average Bonchev–Trinajstić information content (AvgIpc) is 2.72. The van der Waals surface area contributed by atoms with Crippen molar-refractivity contribution in [2.24, 2.45) is 0 Å². The highest BCUT2D eigenvalue weighted by atomic mass is 32.2. The highest BCUT2D eigenvalue weighted by molar-refractivity contribution is 7.89. The maximum Gasteiger partial charge on any atom is 0.357 e. The number of benzene rings is 2. The van der Waals surface area contributed by atoms with E-state index >= 15 is 0 Å². The minimum atomic E-state index is -3.74. The van der Waals surface area contributed by atoms with Gasteiger partial charge in [-0.1, -0.05) is 36.4 Å². The molecule has 10 heteroatoms. The van der Waals surface area contributed by atoms with Crippen LogP contribution in [0.4, 0.5) is 0 Å². The molecule has 2 aromatic carbocycles. The molecule has 0 aliphatic heterocycles. The second-order valence-electron chi connectivity index (χ2n) is 6.48. The molecule has 164 valence electrons. The Bertz CT molecular complexity index is 1000. The fourth-order valence-corrected chi connectivity index (χ4v) is 5.60. The summed E-state index contributed by atoms with van der Waals surface area (Å²) in [6, 6.07) is 14.4. The minimum Gasteiger partial charge on any atom is -0.334 e. The van der Waals surface area contributed by atoms with Crippen LogP contribution < -0.4 is 5.32 Å². The van der Waals surface area contributed by atoms with Gasteiger partial charge in [0.25, 0.3) is 5.91 Å². The van der Waals surface area contributed by atoms with Gasteiger partial charge in [0.1, 0.15) is 0 Å². The third-order valence-electron chi connectivity index (χ3n) is 4.19. The number of rotatable bonds is 10. The van der Waals surface area contributed by atoms with E-state index in [2.05, 4.69) is 5.32 Å². The van der Waals surface area contributed by atoms with E-state index in [1.807, 2.05) is 0 Å². The SMILES string of the molecule is CCOP(=O)(OCC)[C@@H](NC(=O)c1cccc(S(=O)(=O)N(C)C)c1)c1ccccc1. The molecule has 0 aliphatic carbocycles. The molecule has 0 radical (unpaired) electrons. The van der Waals surface area contributed by atoms with Crippen molar-refractivity contribution in [2.45, 2.75) is 24.5 Å². The van der Waals surface area contributed by atoms with Crippen molar-refractivity contribution in [3.63, 3.8) is 0 Å². The minimum absolute atomic E-state index is 0.0192. The molecule has 1 amide bonds. The summed E-state index contributed by atoms with van der Waals surface area (Å²) in [5, 5.41) is 2.71. The van der Waals surface area contributed by atoms with Crippen LogP contribution in [0.5, 0.6) is 0 Å². The molecule has 0 aliphatic rings. The van der Waals surface area contributed by atoms with Crippen LogP contribution in [0.1, 0.15) is 35.6 Å². The Labute approximate surface area is 177 Å². The number of carbonyl (C=O) groups is 1. The fraction of sp³-hybridized carbons (Fsp3) is 0.350. The zero-order chi connectivity index (χ0) is 22.4. The van der Waals surface area contributed by atoms with Crippen LogP contribution in [0, 0.1) is 0 Å². The molecule has 0 bridgehead atoms. The molecule has 0 fully saturated rings. The van der Waals surface area contributed by atoms with Crippen LogP contribution in [0.2, 0.25) is 0 Å². The monoisotopic (exact) mass is 454 g/mol. The third-order valence-corrected chi connectivity index (χ3v) is 8.30. The molecule has 0 unspecified atom stereocenters. The predicted octanol–water partition coefficient (Wildman–Crippen LogP) is 3.63. The lowest BCUT2D eigenvalue weighted by atomic mass is 10.2. The van der Waals surface area contributed by atoms with Crippen LogP contribution in [0.15, 0.2) is 59.5 Å². The van der Waals surface area contributed by atoms with E-state index in [9.17, 15) is 17.8 Å². The smallest absolute Gasteiger partial charge is 0.334 e. The van der Waals surface area contributed by atoms with Gasteiger partial charge in [0.05, 0.1) is 18.1 Å². The van der Waals surface area contributed by atoms with Crippen molar-refractivity contribution in [1.29, 1.82) is 0 Å². The zero-order valence-corrected chi connectivity index (χ0v) is 19.2. The topological polar surface area (TPSA) is 102 Å². The molecular weight excluding hydrogens is 427 g/mol. The van der Waals surface area contributed by atoms with Gasteiger partial charge >= 0.3 is 7.60 Å². The number of sulfonamides is 1. The molecule has 0 aromatic heterocycles. The molecule has 2 rings (SSSR count). The maximum atomic E-state index is 13.4. The second-order valence-corrected chi connectivity index (χ2v) is 10.7. The third kappa shape index (κ3) is 5.56. The lowest BCUT2D eigenvalue weighted by Gasteiger charge is -2.27. The van der Waals surface area contributed by atoms with Crippen molar-refractivity contribution in [2.75, 3.05) is 27.3 Å². The van der Waals surface area contributed by atoms with Gasteiger partial charge in [-0.15, -0.1) is 0 Å². The molecule has 0 heterocycles. The molecule has 1 N–H and O–H groups in total. The summed E-state index contributed by atoms with van der Waals surface area (Å²) in [7, 11) is -4.63. The van der Waals surface area contributed by atoms with E-state index in [0.717, 1.165) is 4.31 Å². The number of nitrogens with one attached hydrogen (secondary N) is 1. The molecule has 30 heavy (non-hydrogen) atoms. The molecule has 0 saturated carbocycles. The molecule has 0 saturated heterocycles. The normalized spacial score (nSPS) is 13.2. The molecule has 1 atom stereocenters.